The van der Waals surface area contributed by atoms with Gasteiger partial charge in [0.1, 0.15) is 5.82 Å². The molecule has 0 amide bonds. The number of hydrogen-bond acceptors (Lipinski definition) is 0. The van der Waals surface area contributed by atoms with E-state index in [4.69, 9.17) is 0 Å². The van der Waals surface area contributed by atoms with Crippen LogP contribution >= 0.6 is 0 Å². The van der Waals surface area contributed by atoms with Gasteiger partial charge in [-0.15, -0.1) is 0 Å². The Morgan fingerprint density at radius 1 is 1.13 bits per heavy atom. The summed E-state index contributed by atoms with van der Waals surface area (Å²) >= 11 is 0. The van der Waals surface area contributed by atoms with Gasteiger partial charge in [0, 0.05) is 0 Å². The molecule has 0 saturated carbocycles. The Morgan fingerprint density at radius 2 is 1.73 bits per heavy atom. The van der Waals surface area contributed by atoms with Crippen LogP contribution in [0.1, 0.15) is 32.8 Å². The Morgan fingerprint density at radius 3 is 2.20 bits per heavy atom. The first kappa shape index (κ1) is 11.7. The monoisotopic (exact) mass is 204 g/mol. The summed E-state index contributed by atoms with van der Waals surface area (Å²) in [5.41, 5.74) is 3.59. The first-order chi connectivity index (χ1) is 7.13. The molecule has 15 heavy (non-hydrogen) atoms. The molecule has 1 aromatic rings. The number of rotatable bonds is 3. The van der Waals surface area contributed by atoms with Crippen LogP contribution in [-0.2, 0) is 0 Å². The second kappa shape index (κ2) is 5.50. The predicted molar refractivity (Wildman–Crippen MR) is 64.1 cm³/mol. The van der Waals surface area contributed by atoms with Gasteiger partial charge in [0.15, 0.2) is 0 Å². The lowest BCUT2D eigenvalue weighted by Crippen LogP contribution is -1.83. The standard InChI is InChI=1S/C14H17F/c1-4-12(6-5-11(2)3)13-7-9-14(15)10-8-13/h5-10H,4H2,1-3H3/b12-6+. The average molecular weight is 204 g/mol. The minimum atomic E-state index is -0.184. The van der Waals surface area contributed by atoms with Crippen LogP contribution in [0.25, 0.3) is 5.57 Å². The largest absolute Gasteiger partial charge is 0.207 e. The third kappa shape index (κ3) is 3.70. The van der Waals surface area contributed by atoms with Crippen molar-refractivity contribution >= 4 is 5.57 Å². The molecule has 0 fully saturated rings. The van der Waals surface area contributed by atoms with E-state index in [-0.39, 0.29) is 5.82 Å². The lowest BCUT2D eigenvalue weighted by atomic mass is 10.0. The van der Waals surface area contributed by atoms with E-state index in [0.717, 1.165) is 12.0 Å². The van der Waals surface area contributed by atoms with E-state index in [1.54, 1.807) is 0 Å². The van der Waals surface area contributed by atoms with Crippen molar-refractivity contribution in [2.45, 2.75) is 27.2 Å². The molecule has 0 aliphatic carbocycles. The lowest BCUT2D eigenvalue weighted by molar-refractivity contribution is 0.627. The Balaban J connectivity index is 2.97. The normalized spacial score (nSPS) is 11.3. The minimum Gasteiger partial charge on any atom is -0.207 e. The van der Waals surface area contributed by atoms with Crippen molar-refractivity contribution in [3.05, 3.63) is 53.4 Å². The van der Waals surface area contributed by atoms with Crippen molar-refractivity contribution in [1.29, 1.82) is 0 Å². The van der Waals surface area contributed by atoms with Crippen molar-refractivity contribution in [2.75, 3.05) is 0 Å². The van der Waals surface area contributed by atoms with Gasteiger partial charge in [0.25, 0.3) is 0 Å². The zero-order valence-electron chi connectivity index (χ0n) is 9.55. The summed E-state index contributed by atoms with van der Waals surface area (Å²) < 4.78 is 12.7. The molecule has 0 unspecified atom stereocenters. The summed E-state index contributed by atoms with van der Waals surface area (Å²) in [6.45, 7) is 6.23. The zero-order valence-corrected chi connectivity index (χ0v) is 9.55. The van der Waals surface area contributed by atoms with E-state index in [1.807, 2.05) is 12.1 Å². The molecule has 0 bridgehead atoms. The van der Waals surface area contributed by atoms with Gasteiger partial charge in [-0.2, -0.15) is 0 Å². The van der Waals surface area contributed by atoms with E-state index < -0.39 is 0 Å². The summed E-state index contributed by atoms with van der Waals surface area (Å²) in [7, 11) is 0. The van der Waals surface area contributed by atoms with Crippen LogP contribution < -0.4 is 0 Å². The van der Waals surface area contributed by atoms with Crippen LogP contribution in [-0.4, -0.2) is 0 Å². The van der Waals surface area contributed by atoms with E-state index in [0.29, 0.717) is 0 Å². The summed E-state index contributed by atoms with van der Waals surface area (Å²) in [4.78, 5) is 0. The Hall–Kier alpha value is -1.37. The first-order valence-corrected chi connectivity index (χ1v) is 5.23. The van der Waals surface area contributed by atoms with Crippen molar-refractivity contribution in [2.24, 2.45) is 0 Å². The fourth-order valence-electron chi connectivity index (χ4n) is 1.35. The first-order valence-electron chi connectivity index (χ1n) is 5.23. The summed E-state index contributed by atoms with van der Waals surface area (Å²) in [6.07, 6.45) is 5.14. The van der Waals surface area contributed by atoms with Gasteiger partial charge in [0.2, 0.25) is 0 Å². The molecule has 0 spiro atoms. The van der Waals surface area contributed by atoms with Gasteiger partial charge < -0.3 is 0 Å². The molecule has 0 radical (unpaired) electrons. The molecule has 0 atom stereocenters. The van der Waals surface area contributed by atoms with Crippen LogP contribution in [0.4, 0.5) is 4.39 Å². The van der Waals surface area contributed by atoms with E-state index in [1.165, 1.54) is 23.3 Å². The Kier molecular flexibility index (Phi) is 4.29. The highest BCUT2D eigenvalue weighted by Crippen LogP contribution is 2.18. The molecule has 0 saturated heterocycles. The van der Waals surface area contributed by atoms with Crippen LogP contribution in [0.3, 0.4) is 0 Å². The molecule has 1 heteroatoms. The summed E-state index contributed by atoms with van der Waals surface area (Å²) in [5, 5.41) is 0. The zero-order chi connectivity index (χ0) is 11.3. The third-order valence-electron chi connectivity index (χ3n) is 2.21. The second-order valence-electron chi connectivity index (χ2n) is 3.80. The van der Waals surface area contributed by atoms with E-state index in [9.17, 15) is 4.39 Å². The molecular formula is C14H17F. The lowest BCUT2D eigenvalue weighted by Gasteiger charge is -2.03. The SMILES string of the molecule is CC/C(=C\C=C(C)C)c1ccc(F)cc1. The van der Waals surface area contributed by atoms with Crippen molar-refractivity contribution < 1.29 is 4.39 Å². The number of halogens is 1. The van der Waals surface area contributed by atoms with Crippen molar-refractivity contribution in [1.82, 2.24) is 0 Å². The molecule has 0 N–H and O–H groups in total. The molecule has 0 aliphatic rings. The molecule has 0 aromatic heterocycles. The van der Waals surface area contributed by atoms with Crippen LogP contribution in [0.2, 0.25) is 0 Å². The smallest absolute Gasteiger partial charge is 0.123 e. The van der Waals surface area contributed by atoms with Gasteiger partial charge in [-0.3, -0.25) is 0 Å². The van der Waals surface area contributed by atoms with Crippen LogP contribution in [0.5, 0.6) is 0 Å². The number of hydrogen-bond donors (Lipinski definition) is 0. The van der Waals surface area contributed by atoms with Gasteiger partial charge >= 0.3 is 0 Å². The highest BCUT2D eigenvalue weighted by molar-refractivity contribution is 5.66. The molecule has 0 heterocycles. The Labute approximate surface area is 91.1 Å². The molecule has 0 nitrogen and oxygen atoms in total. The third-order valence-corrected chi connectivity index (χ3v) is 2.21. The molecular weight excluding hydrogens is 187 g/mol. The summed E-state index contributed by atoms with van der Waals surface area (Å²) in [5.74, 6) is -0.184. The highest BCUT2D eigenvalue weighted by Gasteiger charge is 1.98. The van der Waals surface area contributed by atoms with E-state index in [2.05, 4.69) is 32.9 Å². The molecule has 1 rings (SSSR count). The average Bonchev–Trinajstić information content (AvgIpc) is 2.21. The topological polar surface area (TPSA) is 0 Å². The predicted octanol–water partition coefficient (Wildman–Crippen LogP) is 4.59. The van der Waals surface area contributed by atoms with Gasteiger partial charge in [-0.1, -0.05) is 36.8 Å². The number of benzene rings is 1. The maximum Gasteiger partial charge on any atom is 0.123 e. The molecule has 80 valence electrons. The fraction of sp³-hybridized carbons (Fsp3) is 0.286. The van der Waals surface area contributed by atoms with Crippen LogP contribution in [0, 0.1) is 5.82 Å². The van der Waals surface area contributed by atoms with Gasteiger partial charge in [-0.25, -0.2) is 4.39 Å². The van der Waals surface area contributed by atoms with Gasteiger partial charge in [-0.05, 0) is 43.5 Å². The van der Waals surface area contributed by atoms with Crippen LogP contribution in [0.15, 0.2) is 42.0 Å². The maximum atomic E-state index is 12.7. The van der Waals surface area contributed by atoms with E-state index >= 15 is 0 Å². The fourth-order valence-corrected chi connectivity index (χ4v) is 1.35. The summed E-state index contributed by atoms with van der Waals surface area (Å²) in [6, 6.07) is 6.65. The number of allylic oxidation sites excluding steroid dienone is 4. The second-order valence-corrected chi connectivity index (χ2v) is 3.80. The van der Waals surface area contributed by atoms with Crippen molar-refractivity contribution in [3.63, 3.8) is 0 Å². The maximum absolute atomic E-state index is 12.7. The quantitative estimate of drug-likeness (QED) is 0.632. The van der Waals surface area contributed by atoms with Gasteiger partial charge in [0.05, 0.1) is 0 Å². The molecule has 1 aromatic carbocycles. The minimum absolute atomic E-state index is 0.184. The highest BCUT2D eigenvalue weighted by atomic mass is 19.1. The van der Waals surface area contributed by atoms with Crippen molar-refractivity contribution in [3.8, 4) is 0 Å². The Bertz CT molecular complexity index is 365. The molecule has 0 aliphatic heterocycles.